The first kappa shape index (κ1) is 11.5. The molecule has 1 aromatic heterocycles. The predicted molar refractivity (Wildman–Crippen MR) is 80.0 cm³/mol. The summed E-state index contributed by atoms with van der Waals surface area (Å²) < 4.78 is 1.13. The molecule has 2 aromatic carbocycles. The predicted octanol–water partition coefficient (Wildman–Crippen LogP) is 4.83. The second-order valence-electron chi connectivity index (χ2n) is 4.61. The maximum atomic E-state index is 3.54. The Morgan fingerprint density at radius 2 is 1.89 bits per heavy atom. The van der Waals surface area contributed by atoms with E-state index < -0.39 is 0 Å². The van der Waals surface area contributed by atoms with Gasteiger partial charge in [-0.15, -0.1) is 0 Å². The van der Waals surface area contributed by atoms with Crippen LogP contribution in [-0.2, 0) is 6.42 Å². The minimum atomic E-state index is 0.975. The van der Waals surface area contributed by atoms with Crippen LogP contribution in [0.25, 0.3) is 10.9 Å². The molecule has 18 heavy (non-hydrogen) atoms. The van der Waals surface area contributed by atoms with Gasteiger partial charge in [-0.1, -0.05) is 40.2 Å². The van der Waals surface area contributed by atoms with Crippen molar-refractivity contribution in [2.24, 2.45) is 0 Å². The largest absolute Gasteiger partial charge is 0.361 e. The molecule has 1 heterocycles. The fraction of sp³-hybridized carbons (Fsp3) is 0.125. The van der Waals surface area contributed by atoms with Gasteiger partial charge in [0.05, 0.1) is 0 Å². The summed E-state index contributed by atoms with van der Waals surface area (Å²) in [7, 11) is 0. The molecule has 0 atom stereocenters. The summed E-state index contributed by atoms with van der Waals surface area (Å²) in [6, 6.07) is 14.9. The van der Waals surface area contributed by atoms with Crippen molar-refractivity contribution < 1.29 is 0 Å². The number of nitrogens with one attached hydrogen (secondary N) is 1. The monoisotopic (exact) mass is 299 g/mol. The number of hydrogen-bond donors (Lipinski definition) is 1. The molecule has 0 spiro atoms. The Balaban J connectivity index is 2.05. The van der Waals surface area contributed by atoms with E-state index in [0.29, 0.717) is 0 Å². The van der Waals surface area contributed by atoms with Crippen LogP contribution in [0.1, 0.15) is 16.7 Å². The second kappa shape index (κ2) is 4.62. The Hall–Kier alpha value is -1.54. The van der Waals surface area contributed by atoms with E-state index in [2.05, 4.69) is 76.5 Å². The topological polar surface area (TPSA) is 15.8 Å². The lowest BCUT2D eigenvalue weighted by molar-refractivity contribution is 1.17. The van der Waals surface area contributed by atoms with Gasteiger partial charge in [0.2, 0.25) is 0 Å². The fourth-order valence-corrected chi connectivity index (χ4v) is 2.67. The standard InChI is InChI=1S/C16H14BrN/c1-11-4-2-3-5-12(11)8-13-10-18-16-7-6-14(17)9-15(13)16/h2-7,9-10,18H,8H2,1H3. The van der Waals surface area contributed by atoms with E-state index in [1.165, 1.54) is 27.6 Å². The quantitative estimate of drug-likeness (QED) is 0.697. The molecule has 0 fully saturated rings. The number of halogens is 1. The third kappa shape index (κ3) is 2.08. The van der Waals surface area contributed by atoms with Gasteiger partial charge in [0.25, 0.3) is 0 Å². The van der Waals surface area contributed by atoms with Gasteiger partial charge in [-0.2, -0.15) is 0 Å². The summed E-state index contributed by atoms with van der Waals surface area (Å²) >= 11 is 3.54. The summed E-state index contributed by atoms with van der Waals surface area (Å²) in [5.41, 5.74) is 5.28. The van der Waals surface area contributed by atoms with Gasteiger partial charge in [-0.25, -0.2) is 0 Å². The van der Waals surface area contributed by atoms with Crippen LogP contribution in [0.4, 0.5) is 0 Å². The van der Waals surface area contributed by atoms with Crippen LogP contribution in [0.2, 0.25) is 0 Å². The van der Waals surface area contributed by atoms with Crippen molar-refractivity contribution in [3.05, 3.63) is 69.8 Å². The number of aryl methyl sites for hydroxylation is 1. The first-order valence-electron chi connectivity index (χ1n) is 6.04. The normalized spacial score (nSPS) is 11.0. The Labute approximate surface area is 115 Å². The van der Waals surface area contributed by atoms with Crippen LogP contribution < -0.4 is 0 Å². The van der Waals surface area contributed by atoms with E-state index >= 15 is 0 Å². The molecule has 3 rings (SSSR count). The molecule has 1 N–H and O–H groups in total. The SMILES string of the molecule is Cc1ccccc1Cc1c[nH]c2ccc(Br)cc12. The summed E-state index contributed by atoms with van der Waals surface area (Å²) in [6.45, 7) is 2.17. The summed E-state index contributed by atoms with van der Waals surface area (Å²) in [5, 5.41) is 1.30. The van der Waals surface area contributed by atoms with E-state index in [0.717, 1.165) is 10.9 Å². The molecule has 1 nitrogen and oxygen atoms in total. The Morgan fingerprint density at radius 1 is 1.06 bits per heavy atom. The zero-order chi connectivity index (χ0) is 12.5. The van der Waals surface area contributed by atoms with Gasteiger partial charge in [-0.3, -0.25) is 0 Å². The van der Waals surface area contributed by atoms with Crippen molar-refractivity contribution in [3.8, 4) is 0 Å². The van der Waals surface area contributed by atoms with Gasteiger partial charge in [0, 0.05) is 21.6 Å². The van der Waals surface area contributed by atoms with Crippen LogP contribution >= 0.6 is 15.9 Å². The van der Waals surface area contributed by atoms with E-state index in [1.54, 1.807) is 0 Å². The van der Waals surface area contributed by atoms with Crippen LogP contribution in [0, 0.1) is 6.92 Å². The van der Waals surface area contributed by atoms with Gasteiger partial charge < -0.3 is 4.98 Å². The minimum absolute atomic E-state index is 0.975. The van der Waals surface area contributed by atoms with Crippen molar-refractivity contribution in [2.45, 2.75) is 13.3 Å². The molecule has 0 aliphatic rings. The van der Waals surface area contributed by atoms with E-state index in [9.17, 15) is 0 Å². The lowest BCUT2D eigenvalue weighted by Crippen LogP contribution is -1.90. The summed E-state index contributed by atoms with van der Waals surface area (Å²) in [6.07, 6.45) is 3.09. The molecule has 0 bridgehead atoms. The molecule has 90 valence electrons. The highest BCUT2D eigenvalue weighted by atomic mass is 79.9. The van der Waals surface area contributed by atoms with E-state index in [1.807, 2.05) is 0 Å². The lowest BCUT2D eigenvalue weighted by Gasteiger charge is -2.04. The first-order chi connectivity index (χ1) is 8.74. The third-order valence-electron chi connectivity index (χ3n) is 3.37. The van der Waals surface area contributed by atoms with Crippen LogP contribution in [0.15, 0.2) is 53.1 Å². The van der Waals surface area contributed by atoms with Crippen LogP contribution in [-0.4, -0.2) is 4.98 Å². The second-order valence-corrected chi connectivity index (χ2v) is 5.52. The van der Waals surface area contributed by atoms with E-state index in [-0.39, 0.29) is 0 Å². The molecular weight excluding hydrogens is 286 g/mol. The van der Waals surface area contributed by atoms with Crippen LogP contribution in [0.3, 0.4) is 0 Å². The van der Waals surface area contributed by atoms with Crippen molar-refractivity contribution in [1.29, 1.82) is 0 Å². The van der Waals surface area contributed by atoms with Gasteiger partial charge in [0.15, 0.2) is 0 Å². The number of aromatic amines is 1. The Bertz CT molecular complexity index is 697. The highest BCUT2D eigenvalue weighted by Crippen LogP contribution is 2.25. The Kier molecular flexibility index (Phi) is 2.96. The zero-order valence-electron chi connectivity index (χ0n) is 10.2. The number of fused-ring (bicyclic) bond motifs is 1. The summed E-state index contributed by atoms with van der Waals surface area (Å²) in [5.74, 6) is 0. The minimum Gasteiger partial charge on any atom is -0.361 e. The Morgan fingerprint density at radius 3 is 2.72 bits per heavy atom. The molecular formula is C16H14BrN. The van der Waals surface area contributed by atoms with Gasteiger partial charge in [0.1, 0.15) is 0 Å². The molecule has 3 aromatic rings. The van der Waals surface area contributed by atoms with Crippen LogP contribution in [0.5, 0.6) is 0 Å². The molecule has 0 unspecified atom stereocenters. The number of benzene rings is 2. The third-order valence-corrected chi connectivity index (χ3v) is 3.86. The molecule has 0 amide bonds. The lowest BCUT2D eigenvalue weighted by atomic mass is 10.0. The van der Waals surface area contributed by atoms with Crippen molar-refractivity contribution in [3.63, 3.8) is 0 Å². The fourth-order valence-electron chi connectivity index (χ4n) is 2.31. The maximum Gasteiger partial charge on any atom is 0.0457 e. The highest BCUT2D eigenvalue weighted by Gasteiger charge is 2.06. The first-order valence-corrected chi connectivity index (χ1v) is 6.83. The number of H-pyrrole nitrogens is 1. The van der Waals surface area contributed by atoms with Crippen molar-refractivity contribution in [2.75, 3.05) is 0 Å². The van der Waals surface area contributed by atoms with Gasteiger partial charge in [-0.05, 0) is 48.2 Å². The molecule has 0 saturated heterocycles. The molecule has 2 heteroatoms. The molecule has 0 aliphatic carbocycles. The van der Waals surface area contributed by atoms with Gasteiger partial charge >= 0.3 is 0 Å². The molecule has 0 aliphatic heterocycles. The highest BCUT2D eigenvalue weighted by molar-refractivity contribution is 9.10. The number of rotatable bonds is 2. The molecule has 0 radical (unpaired) electrons. The van der Waals surface area contributed by atoms with E-state index in [4.69, 9.17) is 0 Å². The number of hydrogen-bond acceptors (Lipinski definition) is 0. The molecule has 0 saturated carbocycles. The van der Waals surface area contributed by atoms with Crippen molar-refractivity contribution in [1.82, 2.24) is 4.98 Å². The smallest absolute Gasteiger partial charge is 0.0457 e. The van der Waals surface area contributed by atoms with Crippen molar-refractivity contribution >= 4 is 26.8 Å². The number of aromatic nitrogens is 1. The summed E-state index contributed by atoms with van der Waals surface area (Å²) in [4.78, 5) is 3.33. The zero-order valence-corrected chi connectivity index (χ0v) is 11.8. The average molecular weight is 300 g/mol. The average Bonchev–Trinajstić information content (AvgIpc) is 2.75. The maximum absolute atomic E-state index is 3.54.